The van der Waals surface area contributed by atoms with Crippen LogP contribution in [0.4, 0.5) is 5.69 Å². The van der Waals surface area contributed by atoms with Crippen molar-refractivity contribution >= 4 is 23.5 Å². The molecule has 1 heterocycles. The zero-order valence-corrected chi connectivity index (χ0v) is 16.9. The van der Waals surface area contributed by atoms with Gasteiger partial charge in [0.25, 0.3) is 5.91 Å². The minimum absolute atomic E-state index is 0.0833. The second kappa shape index (κ2) is 8.90. The number of rotatable bonds is 6. The number of likely N-dealkylation sites (tertiary alicyclic amines) is 1. The summed E-state index contributed by atoms with van der Waals surface area (Å²) in [6.07, 6.45) is -0.845. The van der Waals surface area contributed by atoms with Crippen molar-refractivity contribution in [2.75, 3.05) is 11.9 Å². The second-order valence-electron chi connectivity index (χ2n) is 7.47. The minimum atomic E-state index is -0.945. The maximum Gasteiger partial charge on any atom is 0.312 e. The van der Waals surface area contributed by atoms with Gasteiger partial charge in [0.1, 0.15) is 0 Å². The quantitative estimate of drug-likeness (QED) is 0.761. The molecule has 3 rings (SSSR count). The van der Waals surface area contributed by atoms with Gasteiger partial charge in [0, 0.05) is 18.7 Å². The summed E-state index contributed by atoms with van der Waals surface area (Å²) in [5, 5.41) is 2.73. The fourth-order valence-electron chi connectivity index (χ4n) is 3.38. The topological polar surface area (TPSA) is 75.7 Å². The molecule has 0 bridgehead atoms. The van der Waals surface area contributed by atoms with Crippen LogP contribution in [0.15, 0.2) is 54.6 Å². The smallest absolute Gasteiger partial charge is 0.312 e. The number of hydrogen-bond donors (Lipinski definition) is 1. The Bertz CT molecular complexity index is 880. The standard InChI is InChI=1S/C23H26N2O4/c1-15-9-11-20(12-10-15)24-22(27)17(3)29-23(28)19-13-21(26)25(14-19)16(2)18-7-5-4-6-8-18/h4-12,16-17,19H,13-14H2,1-3H3,(H,24,27)/t16-,17+,19+/m0/s1. The van der Waals surface area contributed by atoms with Gasteiger partial charge in [-0.15, -0.1) is 0 Å². The van der Waals surface area contributed by atoms with Crippen LogP contribution < -0.4 is 5.32 Å². The Balaban J connectivity index is 1.55. The number of esters is 1. The maximum atomic E-state index is 12.5. The van der Waals surface area contributed by atoms with Gasteiger partial charge in [0.15, 0.2) is 6.10 Å². The molecule has 6 heteroatoms. The lowest BCUT2D eigenvalue weighted by Gasteiger charge is -2.25. The lowest BCUT2D eigenvalue weighted by atomic mass is 10.1. The van der Waals surface area contributed by atoms with Crippen molar-refractivity contribution in [3.05, 3.63) is 65.7 Å². The van der Waals surface area contributed by atoms with Crippen LogP contribution in [0, 0.1) is 12.8 Å². The van der Waals surface area contributed by atoms with E-state index in [0.29, 0.717) is 12.2 Å². The second-order valence-corrected chi connectivity index (χ2v) is 7.47. The summed E-state index contributed by atoms with van der Waals surface area (Å²) < 4.78 is 5.34. The Morgan fingerprint density at radius 2 is 1.72 bits per heavy atom. The highest BCUT2D eigenvalue weighted by Gasteiger charge is 2.38. The van der Waals surface area contributed by atoms with Crippen LogP contribution in [0.5, 0.6) is 0 Å². The van der Waals surface area contributed by atoms with E-state index < -0.39 is 23.9 Å². The summed E-state index contributed by atoms with van der Waals surface area (Å²) >= 11 is 0. The molecule has 2 amide bonds. The van der Waals surface area contributed by atoms with E-state index in [9.17, 15) is 14.4 Å². The molecule has 1 saturated heterocycles. The van der Waals surface area contributed by atoms with Gasteiger partial charge < -0.3 is 15.0 Å². The third-order valence-corrected chi connectivity index (χ3v) is 5.22. The summed E-state index contributed by atoms with van der Waals surface area (Å²) in [7, 11) is 0. The number of carbonyl (C=O) groups is 3. The first-order chi connectivity index (χ1) is 13.8. The first-order valence-corrected chi connectivity index (χ1v) is 9.77. The van der Waals surface area contributed by atoms with Gasteiger partial charge in [-0.1, -0.05) is 48.0 Å². The lowest BCUT2D eigenvalue weighted by Crippen LogP contribution is -2.33. The number of carbonyl (C=O) groups excluding carboxylic acids is 3. The molecule has 1 fully saturated rings. The van der Waals surface area contributed by atoms with Gasteiger partial charge in [-0.25, -0.2) is 0 Å². The van der Waals surface area contributed by atoms with Crippen LogP contribution in [0.3, 0.4) is 0 Å². The SMILES string of the molecule is Cc1ccc(NC(=O)[C@@H](C)OC(=O)[C@@H]2CC(=O)N([C@@H](C)c3ccccc3)C2)cc1. The third-order valence-electron chi connectivity index (χ3n) is 5.22. The molecule has 0 spiro atoms. The van der Waals surface area contributed by atoms with Crippen LogP contribution in [-0.2, 0) is 19.1 Å². The largest absolute Gasteiger partial charge is 0.452 e. The molecule has 2 aromatic rings. The fourth-order valence-corrected chi connectivity index (χ4v) is 3.38. The molecule has 152 valence electrons. The number of nitrogens with one attached hydrogen (secondary N) is 1. The van der Waals surface area contributed by atoms with E-state index >= 15 is 0 Å². The molecule has 0 radical (unpaired) electrons. The molecule has 0 unspecified atom stereocenters. The first kappa shape index (κ1) is 20.6. The van der Waals surface area contributed by atoms with E-state index in [4.69, 9.17) is 4.74 Å². The average Bonchev–Trinajstić information content (AvgIpc) is 3.11. The molecule has 0 aromatic heterocycles. The van der Waals surface area contributed by atoms with Crippen molar-refractivity contribution < 1.29 is 19.1 Å². The van der Waals surface area contributed by atoms with Crippen molar-refractivity contribution in [3.8, 4) is 0 Å². The normalized spacial score (nSPS) is 18.2. The summed E-state index contributed by atoms with van der Waals surface area (Å²) in [4.78, 5) is 39.0. The Morgan fingerprint density at radius 1 is 1.07 bits per heavy atom. The number of hydrogen-bond acceptors (Lipinski definition) is 4. The van der Waals surface area contributed by atoms with Crippen molar-refractivity contribution in [2.24, 2.45) is 5.92 Å². The predicted molar refractivity (Wildman–Crippen MR) is 110 cm³/mol. The molecular weight excluding hydrogens is 368 g/mol. The van der Waals surface area contributed by atoms with Crippen LogP contribution in [0.2, 0.25) is 0 Å². The van der Waals surface area contributed by atoms with E-state index in [-0.39, 0.29) is 18.4 Å². The number of benzene rings is 2. The Hall–Kier alpha value is -3.15. The van der Waals surface area contributed by atoms with E-state index in [1.807, 2.05) is 56.3 Å². The molecular formula is C23H26N2O4. The minimum Gasteiger partial charge on any atom is -0.452 e. The molecule has 3 atom stereocenters. The average molecular weight is 394 g/mol. The van der Waals surface area contributed by atoms with Gasteiger partial charge in [-0.3, -0.25) is 14.4 Å². The molecule has 29 heavy (non-hydrogen) atoms. The number of ether oxygens (including phenoxy) is 1. The van der Waals surface area contributed by atoms with E-state index in [1.165, 1.54) is 6.92 Å². The zero-order valence-electron chi connectivity index (χ0n) is 16.9. The van der Waals surface area contributed by atoms with Crippen molar-refractivity contribution in [1.82, 2.24) is 4.90 Å². The molecule has 1 aliphatic heterocycles. The molecule has 0 aliphatic carbocycles. The van der Waals surface area contributed by atoms with Crippen molar-refractivity contribution in [2.45, 2.75) is 39.3 Å². The van der Waals surface area contributed by atoms with Gasteiger partial charge >= 0.3 is 5.97 Å². The lowest BCUT2D eigenvalue weighted by molar-refractivity contribution is -0.157. The summed E-state index contributed by atoms with van der Waals surface area (Å²) in [5.41, 5.74) is 2.74. The maximum absolute atomic E-state index is 12.5. The van der Waals surface area contributed by atoms with Gasteiger partial charge in [0.2, 0.25) is 5.91 Å². The highest BCUT2D eigenvalue weighted by atomic mass is 16.5. The van der Waals surface area contributed by atoms with Gasteiger partial charge in [-0.2, -0.15) is 0 Å². The molecule has 2 aromatic carbocycles. The van der Waals surface area contributed by atoms with E-state index in [1.54, 1.807) is 17.0 Å². The molecule has 6 nitrogen and oxygen atoms in total. The number of amides is 2. The molecule has 1 N–H and O–H groups in total. The molecule has 0 saturated carbocycles. The number of anilines is 1. The monoisotopic (exact) mass is 394 g/mol. The summed E-state index contributed by atoms with van der Waals surface area (Å²) in [6, 6.07) is 16.9. The van der Waals surface area contributed by atoms with Crippen LogP contribution in [0.25, 0.3) is 0 Å². The zero-order chi connectivity index (χ0) is 21.0. The highest BCUT2D eigenvalue weighted by molar-refractivity contribution is 5.95. The molecule has 1 aliphatic rings. The number of nitrogens with zero attached hydrogens (tertiary/aromatic N) is 1. The summed E-state index contributed by atoms with van der Waals surface area (Å²) in [5.74, 6) is -1.57. The fraction of sp³-hybridized carbons (Fsp3) is 0.348. The third kappa shape index (κ3) is 5.02. The predicted octanol–water partition coefficient (Wildman–Crippen LogP) is 3.47. The van der Waals surface area contributed by atoms with Crippen molar-refractivity contribution in [3.63, 3.8) is 0 Å². The van der Waals surface area contributed by atoms with Crippen LogP contribution in [-0.4, -0.2) is 35.3 Å². The van der Waals surface area contributed by atoms with Crippen molar-refractivity contribution in [1.29, 1.82) is 0 Å². The first-order valence-electron chi connectivity index (χ1n) is 9.77. The van der Waals surface area contributed by atoms with Crippen LogP contribution in [0.1, 0.15) is 37.4 Å². The van der Waals surface area contributed by atoms with Gasteiger partial charge in [-0.05, 0) is 38.5 Å². The Kier molecular flexibility index (Phi) is 6.32. The van der Waals surface area contributed by atoms with Gasteiger partial charge in [0.05, 0.1) is 12.0 Å². The Morgan fingerprint density at radius 3 is 2.38 bits per heavy atom. The van der Waals surface area contributed by atoms with E-state index in [0.717, 1.165) is 11.1 Å². The Labute approximate surface area is 170 Å². The number of aryl methyl sites for hydroxylation is 1. The summed E-state index contributed by atoms with van der Waals surface area (Å²) in [6.45, 7) is 5.72. The highest BCUT2D eigenvalue weighted by Crippen LogP contribution is 2.29. The van der Waals surface area contributed by atoms with E-state index in [2.05, 4.69) is 5.32 Å². The van der Waals surface area contributed by atoms with Crippen LogP contribution >= 0.6 is 0 Å².